The van der Waals surface area contributed by atoms with Crippen LogP contribution in [0.1, 0.15) is 29.6 Å². The normalized spacial score (nSPS) is 14.2. The molecule has 0 atom stereocenters. The fourth-order valence-electron chi connectivity index (χ4n) is 2.68. The monoisotopic (exact) mass is 445 g/mol. The maximum atomic E-state index is 14.3. The maximum Gasteiger partial charge on any atom is 0.267 e. The first kappa shape index (κ1) is 21.3. The summed E-state index contributed by atoms with van der Waals surface area (Å²) in [5.74, 6) is -2.89. The van der Waals surface area contributed by atoms with E-state index in [0.29, 0.717) is 23.9 Å². The summed E-state index contributed by atoms with van der Waals surface area (Å²) < 4.78 is 57.4. The van der Waals surface area contributed by atoms with E-state index in [1.165, 1.54) is 18.7 Å². The summed E-state index contributed by atoms with van der Waals surface area (Å²) >= 11 is 6.16. The van der Waals surface area contributed by atoms with Gasteiger partial charge in [0, 0.05) is 18.7 Å². The Hall–Kier alpha value is -2.46. The zero-order chi connectivity index (χ0) is 21.2. The van der Waals surface area contributed by atoms with Crippen LogP contribution in [0.25, 0.3) is 0 Å². The fourth-order valence-corrected chi connectivity index (χ4v) is 3.35. The molecule has 0 unspecified atom stereocenters. The molecular weight excluding hydrogens is 428 g/mol. The van der Waals surface area contributed by atoms with Crippen LogP contribution in [0, 0.1) is 17.6 Å². The molecule has 2 aromatic rings. The third-order valence-electron chi connectivity index (χ3n) is 4.37. The standard InChI is InChI=1S/C18H18ClF2N3O4S/c1-29(26,27)24-18(25)12-6-15(21)16(7-14(12)20)28-11-5-13(19)17(23-9-11)22-8-10-3-2-4-10/h5-7,9-10H,2-4,8H2,1H3,(H,22,23)(H,24,25). The third-order valence-corrected chi connectivity index (χ3v) is 5.22. The van der Waals surface area contributed by atoms with Crippen LogP contribution in [0.3, 0.4) is 0 Å². The average Bonchev–Trinajstić information content (AvgIpc) is 2.56. The van der Waals surface area contributed by atoms with Gasteiger partial charge in [-0.05, 0) is 24.8 Å². The van der Waals surface area contributed by atoms with Crippen molar-refractivity contribution in [2.24, 2.45) is 5.92 Å². The van der Waals surface area contributed by atoms with Gasteiger partial charge in [-0.1, -0.05) is 18.0 Å². The lowest BCUT2D eigenvalue weighted by Crippen LogP contribution is -2.30. The zero-order valence-corrected chi connectivity index (χ0v) is 16.9. The second-order valence-electron chi connectivity index (χ2n) is 6.75. The number of sulfonamides is 1. The van der Waals surface area contributed by atoms with Gasteiger partial charge in [-0.25, -0.2) is 26.9 Å². The molecule has 1 aromatic carbocycles. The van der Waals surface area contributed by atoms with Crippen LogP contribution in [0.15, 0.2) is 24.4 Å². The molecule has 0 spiro atoms. The molecule has 29 heavy (non-hydrogen) atoms. The van der Waals surface area contributed by atoms with Crippen LogP contribution in [0.5, 0.6) is 11.5 Å². The van der Waals surface area contributed by atoms with Crippen LogP contribution in [-0.4, -0.2) is 32.1 Å². The molecule has 1 aliphatic rings. The second-order valence-corrected chi connectivity index (χ2v) is 8.90. The number of hydrogen-bond donors (Lipinski definition) is 2. The molecule has 0 bridgehead atoms. The Morgan fingerprint density at radius 1 is 1.28 bits per heavy atom. The van der Waals surface area contributed by atoms with Crippen LogP contribution >= 0.6 is 11.6 Å². The van der Waals surface area contributed by atoms with Gasteiger partial charge in [0.15, 0.2) is 11.6 Å². The van der Waals surface area contributed by atoms with Crippen molar-refractivity contribution in [1.29, 1.82) is 0 Å². The average molecular weight is 446 g/mol. The van der Waals surface area contributed by atoms with Crippen molar-refractivity contribution in [2.75, 3.05) is 18.1 Å². The first-order valence-corrected chi connectivity index (χ1v) is 11.0. The number of carbonyl (C=O) groups is 1. The molecule has 0 radical (unpaired) electrons. The summed E-state index contributed by atoms with van der Waals surface area (Å²) in [5, 5.41) is 3.40. The number of hydrogen-bond acceptors (Lipinski definition) is 6. The topological polar surface area (TPSA) is 97.4 Å². The molecule has 1 aromatic heterocycles. The summed E-state index contributed by atoms with van der Waals surface area (Å²) in [6, 6.07) is 2.59. The van der Waals surface area contributed by atoms with E-state index in [0.717, 1.165) is 25.6 Å². The van der Waals surface area contributed by atoms with Crippen LogP contribution in [-0.2, 0) is 10.0 Å². The highest BCUT2D eigenvalue weighted by Gasteiger charge is 2.20. The molecule has 3 rings (SSSR count). The van der Waals surface area contributed by atoms with Gasteiger partial charge in [0.05, 0.1) is 23.0 Å². The molecule has 11 heteroatoms. The Bertz CT molecular complexity index is 1050. The minimum Gasteiger partial charge on any atom is -0.452 e. The Labute approximate surface area is 171 Å². The number of nitrogens with one attached hydrogen (secondary N) is 2. The number of ether oxygens (including phenoxy) is 1. The van der Waals surface area contributed by atoms with Crippen molar-refractivity contribution in [3.05, 3.63) is 46.6 Å². The quantitative estimate of drug-likeness (QED) is 0.674. The van der Waals surface area contributed by atoms with Crippen molar-refractivity contribution in [3.8, 4) is 11.5 Å². The van der Waals surface area contributed by atoms with E-state index in [1.807, 2.05) is 0 Å². The van der Waals surface area contributed by atoms with Gasteiger partial charge >= 0.3 is 0 Å². The highest BCUT2D eigenvalue weighted by molar-refractivity contribution is 7.89. The van der Waals surface area contributed by atoms with Gasteiger partial charge in [-0.3, -0.25) is 4.79 Å². The van der Waals surface area contributed by atoms with Gasteiger partial charge in [-0.15, -0.1) is 0 Å². The van der Waals surface area contributed by atoms with E-state index in [2.05, 4.69) is 10.3 Å². The number of rotatable bonds is 7. The van der Waals surface area contributed by atoms with E-state index in [1.54, 1.807) is 4.72 Å². The SMILES string of the molecule is CS(=O)(=O)NC(=O)c1cc(F)c(Oc2cnc(NCC3CCC3)c(Cl)c2)cc1F. The van der Waals surface area contributed by atoms with Crippen LogP contribution in [0.2, 0.25) is 5.02 Å². The van der Waals surface area contributed by atoms with E-state index in [-0.39, 0.29) is 10.8 Å². The summed E-state index contributed by atoms with van der Waals surface area (Å²) in [7, 11) is -3.93. The summed E-state index contributed by atoms with van der Waals surface area (Å²) in [6.07, 6.45) is 5.57. The van der Waals surface area contributed by atoms with Gasteiger partial charge < -0.3 is 10.1 Å². The Kier molecular flexibility index (Phi) is 6.23. The van der Waals surface area contributed by atoms with Gasteiger partial charge in [-0.2, -0.15) is 0 Å². The lowest BCUT2D eigenvalue weighted by atomic mass is 9.85. The van der Waals surface area contributed by atoms with Gasteiger partial charge in [0.25, 0.3) is 5.91 Å². The molecule has 0 saturated heterocycles. The number of halogens is 3. The number of aromatic nitrogens is 1. The van der Waals surface area contributed by atoms with E-state index < -0.39 is 38.9 Å². The Morgan fingerprint density at radius 3 is 2.59 bits per heavy atom. The summed E-state index contributed by atoms with van der Waals surface area (Å²) in [6.45, 7) is 0.754. The molecule has 1 heterocycles. The number of anilines is 1. The van der Waals surface area contributed by atoms with E-state index in [4.69, 9.17) is 16.3 Å². The van der Waals surface area contributed by atoms with Crippen LogP contribution in [0.4, 0.5) is 14.6 Å². The molecule has 0 aliphatic heterocycles. The van der Waals surface area contributed by atoms with Crippen molar-refractivity contribution >= 4 is 33.3 Å². The second kappa shape index (κ2) is 8.50. The van der Waals surface area contributed by atoms with Crippen LogP contribution < -0.4 is 14.8 Å². The fraction of sp³-hybridized carbons (Fsp3) is 0.333. The summed E-state index contributed by atoms with van der Waals surface area (Å²) in [4.78, 5) is 15.9. The summed E-state index contributed by atoms with van der Waals surface area (Å²) in [5.41, 5.74) is -0.771. The van der Waals surface area contributed by atoms with Crippen molar-refractivity contribution in [1.82, 2.24) is 9.71 Å². The van der Waals surface area contributed by atoms with E-state index >= 15 is 0 Å². The number of pyridine rings is 1. The predicted molar refractivity (Wildman–Crippen MR) is 104 cm³/mol. The first-order valence-electron chi connectivity index (χ1n) is 8.71. The van der Waals surface area contributed by atoms with Crippen molar-refractivity contribution in [2.45, 2.75) is 19.3 Å². The van der Waals surface area contributed by atoms with Crippen molar-refractivity contribution < 1.29 is 26.7 Å². The third kappa shape index (κ3) is 5.54. The predicted octanol–water partition coefficient (Wildman–Crippen LogP) is 3.71. The molecule has 1 fully saturated rings. The number of nitrogens with zero attached hydrogens (tertiary/aromatic N) is 1. The van der Waals surface area contributed by atoms with E-state index in [9.17, 15) is 22.0 Å². The van der Waals surface area contributed by atoms with Gasteiger partial charge in [0.1, 0.15) is 17.4 Å². The first-order chi connectivity index (χ1) is 13.6. The smallest absolute Gasteiger partial charge is 0.267 e. The lowest BCUT2D eigenvalue weighted by Gasteiger charge is -2.25. The molecule has 1 saturated carbocycles. The Balaban J connectivity index is 1.73. The highest BCUT2D eigenvalue weighted by Crippen LogP contribution is 2.31. The molecule has 1 amide bonds. The molecule has 1 aliphatic carbocycles. The van der Waals surface area contributed by atoms with Crippen molar-refractivity contribution in [3.63, 3.8) is 0 Å². The molecule has 156 valence electrons. The minimum atomic E-state index is -3.93. The largest absolute Gasteiger partial charge is 0.452 e. The van der Waals surface area contributed by atoms with Gasteiger partial charge in [0.2, 0.25) is 10.0 Å². The zero-order valence-electron chi connectivity index (χ0n) is 15.3. The Morgan fingerprint density at radius 2 is 2.00 bits per heavy atom. The minimum absolute atomic E-state index is 0.0656. The number of carbonyl (C=O) groups excluding carboxylic acids is 1. The molecular formula is C18H18ClF2N3O4S. The molecule has 7 nitrogen and oxygen atoms in total. The molecule has 2 N–H and O–H groups in total. The number of amides is 1. The highest BCUT2D eigenvalue weighted by atomic mass is 35.5. The maximum absolute atomic E-state index is 14.3. The lowest BCUT2D eigenvalue weighted by molar-refractivity contribution is 0.0977. The number of benzene rings is 1.